The second-order valence-corrected chi connectivity index (χ2v) is 6.64. The Morgan fingerprint density at radius 2 is 2.11 bits per heavy atom. The summed E-state index contributed by atoms with van der Waals surface area (Å²) in [5, 5.41) is 13.6. The highest BCUT2D eigenvalue weighted by atomic mass is 19.1. The number of pyridine rings is 2. The third kappa shape index (κ3) is 2.13. The number of aliphatic hydroxyl groups excluding tert-OH is 1. The van der Waals surface area contributed by atoms with Crippen LogP contribution in [0.3, 0.4) is 0 Å². The van der Waals surface area contributed by atoms with Crippen LogP contribution < -0.4 is 10.9 Å². The number of carbonyl (C=O) groups excluding carboxylic acids is 1. The lowest BCUT2D eigenvalue weighted by Gasteiger charge is -2.21. The van der Waals surface area contributed by atoms with Gasteiger partial charge in [-0.3, -0.25) is 4.79 Å². The molecule has 136 valence electrons. The first kappa shape index (κ1) is 16.0. The summed E-state index contributed by atoms with van der Waals surface area (Å²) in [6.45, 7) is 0.156. The molecule has 0 radical (unpaired) electrons. The van der Waals surface area contributed by atoms with Gasteiger partial charge in [0, 0.05) is 29.6 Å². The molecule has 1 aromatic carbocycles. The zero-order valence-electron chi connectivity index (χ0n) is 14.2. The lowest BCUT2D eigenvalue weighted by atomic mass is 10.0. The van der Waals surface area contributed by atoms with E-state index in [1.165, 1.54) is 10.6 Å². The van der Waals surface area contributed by atoms with Crippen molar-refractivity contribution in [2.45, 2.75) is 19.3 Å². The number of halogens is 1. The van der Waals surface area contributed by atoms with E-state index >= 15 is 0 Å². The van der Waals surface area contributed by atoms with Crippen LogP contribution >= 0.6 is 0 Å². The Hall–Kier alpha value is -3.26. The summed E-state index contributed by atoms with van der Waals surface area (Å²) in [5.41, 5.74) is 2.89. The van der Waals surface area contributed by atoms with Crippen molar-refractivity contribution in [1.82, 2.24) is 9.55 Å². The number of ether oxygens (including phenoxy) is 1. The Kier molecular flexibility index (Phi) is 3.17. The molecule has 1 unspecified atom stereocenters. The number of rotatable bonds is 1. The Morgan fingerprint density at radius 3 is 2.89 bits per heavy atom. The van der Waals surface area contributed by atoms with Crippen molar-refractivity contribution in [2.75, 3.05) is 12.4 Å². The van der Waals surface area contributed by atoms with Crippen LogP contribution in [0.2, 0.25) is 0 Å². The van der Waals surface area contributed by atoms with E-state index in [0.29, 0.717) is 29.1 Å². The summed E-state index contributed by atoms with van der Waals surface area (Å²) in [6.07, 6.45) is -1.49. The first-order valence-corrected chi connectivity index (χ1v) is 8.40. The summed E-state index contributed by atoms with van der Waals surface area (Å²) < 4.78 is 20.5. The summed E-state index contributed by atoms with van der Waals surface area (Å²) in [5.74, 6) is -1.20. The zero-order chi connectivity index (χ0) is 18.9. The molecule has 0 spiro atoms. The van der Waals surface area contributed by atoms with Gasteiger partial charge in [0.05, 0.1) is 34.7 Å². The average molecular weight is 367 g/mol. The van der Waals surface area contributed by atoms with Crippen molar-refractivity contribution < 1.29 is 19.0 Å². The lowest BCUT2D eigenvalue weighted by molar-refractivity contribution is -0.157. The molecule has 8 heteroatoms. The SMILES string of the molecule is CNc1cc2cc3c(nc2cc1F)-c1cc2c(c(=O)n1C3)COC(=O)C2O. The molecule has 2 aliphatic rings. The predicted octanol–water partition coefficient (Wildman–Crippen LogP) is 1.70. The van der Waals surface area contributed by atoms with Gasteiger partial charge in [-0.2, -0.15) is 0 Å². The maximum atomic E-state index is 14.1. The molecule has 1 atom stereocenters. The third-order valence-corrected chi connectivity index (χ3v) is 5.13. The number of benzene rings is 1. The summed E-state index contributed by atoms with van der Waals surface area (Å²) >= 11 is 0. The zero-order valence-corrected chi connectivity index (χ0v) is 14.2. The number of esters is 1. The molecule has 5 rings (SSSR count). The molecule has 2 aromatic heterocycles. The Bertz CT molecular complexity index is 1220. The Labute approximate surface area is 152 Å². The van der Waals surface area contributed by atoms with Crippen molar-refractivity contribution >= 4 is 22.6 Å². The highest BCUT2D eigenvalue weighted by Crippen LogP contribution is 2.35. The van der Waals surface area contributed by atoms with Crippen LogP contribution in [-0.4, -0.2) is 27.7 Å². The minimum absolute atomic E-state index is 0.160. The number of fused-ring (bicyclic) bond motifs is 5. The minimum atomic E-state index is -1.49. The molecule has 7 nitrogen and oxygen atoms in total. The molecule has 3 aromatic rings. The molecule has 0 bridgehead atoms. The molecule has 0 saturated heterocycles. The topological polar surface area (TPSA) is 93.5 Å². The Balaban J connectivity index is 1.76. The van der Waals surface area contributed by atoms with Gasteiger partial charge < -0.3 is 19.7 Å². The number of nitrogens with zero attached hydrogens (tertiary/aromatic N) is 2. The van der Waals surface area contributed by atoms with Crippen LogP contribution in [0.15, 0.2) is 29.1 Å². The highest BCUT2D eigenvalue weighted by Gasteiger charge is 2.33. The van der Waals surface area contributed by atoms with E-state index < -0.39 is 17.9 Å². The molecule has 27 heavy (non-hydrogen) atoms. The van der Waals surface area contributed by atoms with Gasteiger partial charge in [0.2, 0.25) is 0 Å². The van der Waals surface area contributed by atoms with E-state index in [1.807, 2.05) is 6.07 Å². The number of aliphatic hydroxyl groups is 1. The first-order chi connectivity index (χ1) is 13.0. The van der Waals surface area contributed by atoms with E-state index in [-0.39, 0.29) is 23.3 Å². The van der Waals surface area contributed by atoms with Gasteiger partial charge in [-0.25, -0.2) is 14.2 Å². The maximum absolute atomic E-state index is 14.1. The van der Waals surface area contributed by atoms with Gasteiger partial charge in [-0.05, 0) is 18.2 Å². The van der Waals surface area contributed by atoms with Gasteiger partial charge in [-0.15, -0.1) is 0 Å². The van der Waals surface area contributed by atoms with Gasteiger partial charge >= 0.3 is 5.97 Å². The molecule has 0 aliphatic carbocycles. The number of hydrogen-bond donors (Lipinski definition) is 2. The molecule has 4 heterocycles. The van der Waals surface area contributed by atoms with Crippen molar-refractivity contribution in [3.63, 3.8) is 0 Å². The molecule has 0 saturated carbocycles. The van der Waals surface area contributed by atoms with Crippen LogP contribution in [-0.2, 0) is 22.7 Å². The smallest absolute Gasteiger partial charge is 0.340 e. The highest BCUT2D eigenvalue weighted by molar-refractivity contribution is 5.87. The number of anilines is 1. The number of nitrogens with one attached hydrogen (secondary N) is 1. The average Bonchev–Trinajstić information content (AvgIpc) is 3.01. The summed E-state index contributed by atoms with van der Waals surface area (Å²) in [4.78, 5) is 29.0. The number of carbonyl (C=O) groups is 1. The first-order valence-electron chi connectivity index (χ1n) is 8.40. The van der Waals surface area contributed by atoms with E-state index in [0.717, 1.165) is 10.9 Å². The Morgan fingerprint density at radius 1 is 1.30 bits per heavy atom. The van der Waals surface area contributed by atoms with Gasteiger partial charge in [0.25, 0.3) is 5.56 Å². The van der Waals surface area contributed by atoms with Gasteiger partial charge in [-0.1, -0.05) is 0 Å². The quantitative estimate of drug-likeness (QED) is 0.498. The predicted molar refractivity (Wildman–Crippen MR) is 94.8 cm³/mol. The van der Waals surface area contributed by atoms with E-state index in [9.17, 15) is 19.1 Å². The lowest BCUT2D eigenvalue weighted by Crippen LogP contribution is -2.32. The van der Waals surface area contributed by atoms with Gasteiger partial charge in [0.1, 0.15) is 12.4 Å². The molecule has 2 N–H and O–H groups in total. The fourth-order valence-electron chi connectivity index (χ4n) is 3.74. The molecule has 0 fully saturated rings. The van der Waals surface area contributed by atoms with Crippen LogP contribution in [0, 0.1) is 5.82 Å². The van der Waals surface area contributed by atoms with E-state index in [1.54, 1.807) is 19.2 Å². The normalized spacial score (nSPS) is 17.3. The van der Waals surface area contributed by atoms with E-state index in [2.05, 4.69) is 10.3 Å². The number of hydrogen-bond acceptors (Lipinski definition) is 6. The van der Waals surface area contributed by atoms with Gasteiger partial charge in [0.15, 0.2) is 6.10 Å². The summed E-state index contributed by atoms with van der Waals surface area (Å²) in [6, 6.07) is 6.49. The van der Waals surface area contributed by atoms with Crippen LogP contribution in [0.5, 0.6) is 0 Å². The second-order valence-electron chi connectivity index (χ2n) is 6.64. The fourth-order valence-corrected chi connectivity index (χ4v) is 3.74. The minimum Gasteiger partial charge on any atom is -0.458 e. The van der Waals surface area contributed by atoms with E-state index in [4.69, 9.17) is 4.74 Å². The second kappa shape index (κ2) is 5.37. The van der Waals surface area contributed by atoms with Crippen molar-refractivity contribution in [2.24, 2.45) is 0 Å². The largest absolute Gasteiger partial charge is 0.458 e. The maximum Gasteiger partial charge on any atom is 0.340 e. The number of aromatic nitrogens is 2. The molecule has 0 amide bonds. The standard InChI is InChI=1S/C19H14FN3O4/c1-21-14-3-8-2-9-6-23-15(16(9)22-13(8)5-12(14)20)4-10-11(18(23)25)7-27-19(26)17(10)24/h2-5,17,21,24H,6-7H2,1H3. The van der Waals surface area contributed by atoms with Crippen LogP contribution in [0.4, 0.5) is 10.1 Å². The molecular weight excluding hydrogens is 353 g/mol. The molecular formula is C19H14FN3O4. The fraction of sp³-hybridized carbons (Fsp3) is 0.211. The van der Waals surface area contributed by atoms with Crippen molar-refractivity contribution in [3.05, 3.63) is 57.1 Å². The third-order valence-electron chi connectivity index (χ3n) is 5.13. The van der Waals surface area contributed by atoms with Crippen molar-refractivity contribution in [1.29, 1.82) is 0 Å². The van der Waals surface area contributed by atoms with Crippen LogP contribution in [0.1, 0.15) is 22.8 Å². The van der Waals surface area contributed by atoms with Crippen molar-refractivity contribution in [3.8, 4) is 11.4 Å². The number of cyclic esters (lactones) is 1. The van der Waals surface area contributed by atoms with Crippen LogP contribution in [0.25, 0.3) is 22.3 Å². The summed E-state index contributed by atoms with van der Waals surface area (Å²) in [7, 11) is 1.64. The monoisotopic (exact) mass is 367 g/mol. The molecule has 2 aliphatic heterocycles.